The largest absolute Gasteiger partial charge is 0.276 e. The quantitative estimate of drug-likeness (QED) is 0.751. The number of fused-ring (bicyclic) bond motifs is 1. The first kappa shape index (κ1) is 8.78. The normalized spacial score (nSPS) is 15.9. The average molecular weight is 240 g/mol. The molecule has 1 heterocycles. The van der Waals surface area contributed by atoms with Crippen molar-refractivity contribution in [2.75, 3.05) is 12.1 Å². The Labute approximate surface area is 85.7 Å². The molecule has 0 aromatic heterocycles. The van der Waals surface area contributed by atoms with Crippen LogP contribution >= 0.6 is 15.9 Å². The van der Waals surface area contributed by atoms with Gasteiger partial charge in [0.25, 0.3) is 0 Å². The SMILES string of the molecule is C=C1CCONc2ccc(Br)cc21. The molecule has 0 unspecified atom stereocenters. The Morgan fingerprint density at radius 2 is 2.31 bits per heavy atom. The van der Waals surface area contributed by atoms with Crippen molar-refractivity contribution < 1.29 is 4.84 Å². The fraction of sp³-hybridized carbons (Fsp3) is 0.200. The molecule has 0 fully saturated rings. The molecule has 0 spiro atoms. The highest BCUT2D eigenvalue weighted by Gasteiger charge is 2.10. The molecule has 68 valence electrons. The van der Waals surface area contributed by atoms with E-state index in [1.807, 2.05) is 12.1 Å². The minimum Gasteiger partial charge on any atom is -0.276 e. The minimum absolute atomic E-state index is 0.672. The summed E-state index contributed by atoms with van der Waals surface area (Å²) in [7, 11) is 0. The Morgan fingerprint density at radius 1 is 1.46 bits per heavy atom. The first-order valence-corrected chi connectivity index (χ1v) is 4.92. The molecule has 0 bridgehead atoms. The van der Waals surface area contributed by atoms with E-state index in [0.717, 1.165) is 27.7 Å². The second-order valence-electron chi connectivity index (χ2n) is 2.99. The van der Waals surface area contributed by atoms with Gasteiger partial charge in [-0.05, 0) is 30.2 Å². The van der Waals surface area contributed by atoms with Gasteiger partial charge in [-0.25, -0.2) is 0 Å². The molecule has 1 aromatic rings. The highest BCUT2D eigenvalue weighted by Crippen LogP contribution is 2.30. The molecule has 0 atom stereocenters. The van der Waals surface area contributed by atoms with Crippen molar-refractivity contribution in [1.29, 1.82) is 0 Å². The van der Waals surface area contributed by atoms with E-state index in [2.05, 4.69) is 34.1 Å². The van der Waals surface area contributed by atoms with Gasteiger partial charge >= 0.3 is 0 Å². The van der Waals surface area contributed by atoms with Gasteiger partial charge in [-0.1, -0.05) is 22.5 Å². The van der Waals surface area contributed by atoms with Crippen LogP contribution in [0.4, 0.5) is 5.69 Å². The van der Waals surface area contributed by atoms with Crippen LogP contribution in [-0.2, 0) is 4.84 Å². The van der Waals surface area contributed by atoms with Crippen molar-refractivity contribution in [2.45, 2.75) is 6.42 Å². The van der Waals surface area contributed by atoms with Crippen LogP contribution in [0, 0.1) is 0 Å². The molecule has 13 heavy (non-hydrogen) atoms. The average Bonchev–Trinajstić information content (AvgIpc) is 2.29. The zero-order chi connectivity index (χ0) is 9.26. The number of anilines is 1. The molecule has 0 amide bonds. The second kappa shape index (κ2) is 3.52. The number of hydrogen-bond donors (Lipinski definition) is 1. The van der Waals surface area contributed by atoms with Gasteiger partial charge < -0.3 is 0 Å². The predicted octanol–water partition coefficient (Wildman–Crippen LogP) is 3.21. The predicted molar refractivity (Wildman–Crippen MR) is 57.4 cm³/mol. The van der Waals surface area contributed by atoms with Gasteiger partial charge in [0.1, 0.15) is 0 Å². The van der Waals surface area contributed by atoms with E-state index in [4.69, 9.17) is 4.84 Å². The molecule has 2 rings (SSSR count). The van der Waals surface area contributed by atoms with E-state index < -0.39 is 0 Å². The van der Waals surface area contributed by atoms with E-state index in [1.165, 1.54) is 0 Å². The molecule has 0 saturated heterocycles. The molecule has 0 aliphatic carbocycles. The van der Waals surface area contributed by atoms with Crippen molar-refractivity contribution in [3.8, 4) is 0 Å². The van der Waals surface area contributed by atoms with Crippen LogP contribution in [0.5, 0.6) is 0 Å². The smallest absolute Gasteiger partial charge is 0.0786 e. The first-order valence-electron chi connectivity index (χ1n) is 4.13. The third kappa shape index (κ3) is 1.76. The molecule has 0 saturated carbocycles. The Balaban J connectivity index is 2.49. The monoisotopic (exact) mass is 239 g/mol. The maximum atomic E-state index is 5.21. The molecule has 1 N–H and O–H groups in total. The van der Waals surface area contributed by atoms with E-state index in [9.17, 15) is 0 Å². The van der Waals surface area contributed by atoms with Crippen LogP contribution in [-0.4, -0.2) is 6.61 Å². The van der Waals surface area contributed by atoms with Crippen LogP contribution in [0.2, 0.25) is 0 Å². The summed E-state index contributed by atoms with van der Waals surface area (Å²) < 4.78 is 1.07. The standard InChI is InChI=1S/C10H10BrNO/c1-7-4-5-13-12-10-3-2-8(11)6-9(7)10/h2-3,6,12H,1,4-5H2. The highest BCUT2D eigenvalue weighted by atomic mass is 79.9. The topological polar surface area (TPSA) is 21.3 Å². The zero-order valence-electron chi connectivity index (χ0n) is 7.14. The molecule has 2 nitrogen and oxygen atoms in total. The maximum absolute atomic E-state index is 5.21. The van der Waals surface area contributed by atoms with Gasteiger partial charge in [0.2, 0.25) is 0 Å². The van der Waals surface area contributed by atoms with Crippen molar-refractivity contribution in [1.82, 2.24) is 0 Å². The third-order valence-corrected chi connectivity index (χ3v) is 2.54. The van der Waals surface area contributed by atoms with Crippen molar-refractivity contribution in [2.24, 2.45) is 0 Å². The lowest BCUT2D eigenvalue weighted by Crippen LogP contribution is -1.99. The summed E-state index contributed by atoms with van der Waals surface area (Å²) in [6.07, 6.45) is 0.871. The van der Waals surface area contributed by atoms with Crippen LogP contribution in [0.1, 0.15) is 12.0 Å². The van der Waals surface area contributed by atoms with E-state index >= 15 is 0 Å². The van der Waals surface area contributed by atoms with E-state index in [-0.39, 0.29) is 0 Å². The number of nitrogens with one attached hydrogen (secondary N) is 1. The van der Waals surface area contributed by atoms with Gasteiger partial charge in [0.15, 0.2) is 0 Å². The molecule has 0 radical (unpaired) electrons. The molecule has 1 aliphatic rings. The van der Waals surface area contributed by atoms with Crippen molar-refractivity contribution in [3.63, 3.8) is 0 Å². The van der Waals surface area contributed by atoms with Crippen LogP contribution < -0.4 is 5.48 Å². The van der Waals surface area contributed by atoms with E-state index in [0.29, 0.717) is 6.61 Å². The maximum Gasteiger partial charge on any atom is 0.0786 e. The van der Waals surface area contributed by atoms with Crippen LogP contribution in [0.25, 0.3) is 5.57 Å². The number of benzene rings is 1. The summed E-state index contributed by atoms with van der Waals surface area (Å²) >= 11 is 3.43. The van der Waals surface area contributed by atoms with Gasteiger partial charge in [-0.3, -0.25) is 10.3 Å². The Kier molecular flexibility index (Phi) is 2.38. The molecule has 1 aromatic carbocycles. The Morgan fingerprint density at radius 3 is 3.15 bits per heavy atom. The summed E-state index contributed by atoms with van der Waals surface area (Å²) in [5.74, 6) is 0. The van der Waals surface area contributed by atoms with Crippen molar-refractivity contribution >= 4 is 27.2 Å². The Bertz CT molecular complexity index is 349. The lowest BCUT2D eigenvalue weighted by molar-refractivity contribution is 0.204. The van der Waals surface area contributed by atoms with Crippen LogP contribution in [0.3, 0.4) is 0 Å². The summed E-state index contributed by atoms with van der Waals surface area (Å²) in [5.41, 5.74) is 6.14. The third-order valence-electron chi connectivity index (χ3n) is 2.05. The summed E-state index contributed by atoms with van der Waals surface area (Å²) in [5, 5.41) is 0. The summed E-state index contributed by atoms with van der Waals surface area (Å²) in [6, 6.07) is 6.02. The molecule has 3 heteroatoms. The Hall–Kier alpha value is -0.800. The highest BCUT2D eigenvalue weighted by molar-refractivity contribution is 9.10. The number of rotatable bonds is 0. The summed E-state index contributed by atoms with van der Waals surface area (Å²) in [6.45, 7) is 4.69. The van der Waals surface area contributed by atoms with E-state index in [1.54, 1.807) is 0 Å². The zero-order valence-corrected chi connectivity index (χ0v) is 8.73. The number of halogens is 1. The lowest BCUT2D eigenvalue weighted by Gasteiger charge is -2.07. The fourth-order valence-corrected chi connectivity index (χ4v) is 1.70. The molecular weight excluding hydrogens is 230 g/mol. The molecular formula is C10H10BrNO. The van der Waals surface area contributed by atoms with Gasteiger partial charge in [0.05, 0.1) is 12.3 Å². The lowest BCUT2D eigenvalue weighted by atomic mass is 10.0. The summed E-state index contributed by atoms with van der Waals surface area (Å²) in [4.78, 5) is 5.21. The van der Waals surface area contributed by atoms with Crippen LogP contribution in [0.15, 0.2) is 29.3 Å². The number of hydrogen-bond acceptors (Lipinski definition) is 2. The molecule has 1 aliphatic heterocycles. The van der Waals surface area contributed by atoms with Gasteiger partial charge in [0, 0.05) is 10.0 Å². The van der Waals surface area contributed by atoms with Gasteiger partial charge in [-0.2, -0.15) is 0 Å². The second-order valence-corrected chi connectivity index (χ2v) is 3.91. The van der Waals surface area contributed by atoms with Crippen molar-refractivity contribution in [3.05, 3.63) is 34.8 Å². The minimum atomic E-state index is 0.672. The first-order chi connectivity index (χ1) is 6.27. The van der Waals surface area contributed by atoms with Gasteiger partial charge in [-0.15, -0.1) is 0 Å². The fourth-order valence-electron chi connectivity index (χ4n) is 1.34.